The number of aliphatic hydroxyl groups excluding tert-OH is 5. The SMILES string of the molecule is CON(C(C)C)[C@H](O)[C@H](O)C(O)[C@@H](O)CCO. The summed E-state index contributed by atoms with van der Waals surface area (Å²) in [5.41, 5.74) is 0. The molecule has 0 bridgehead atoms. The maximum absolute atomic E-state index is 9.75. The third kappa shape index (κ3) is 4.84. The van der Waals surface area contributed by atoms with E-state index in [4.69, 9.17) is 9.94 Å². The molecule has 17 heavy (non-hydrogen) atoms. The van der Waals surface area contributed by atoms with Gasteiger partial charge in [-0.1, -0.05) is 0 Å². The molecule has 0 aromatic heterocycles. The van der Waals surface area contributed by atoms with Crippen LogP contribution >= 0.6 is 0 Å². The third-order valence-electron chi connectivity index (χ3n) is 2.45. The maximum Gasteiger partial charge on any atom is 0.158 e. The lowest BCUT2D eigenvalue weighted by Gasteiger charge is -2.34. The Labute approximate surface area is 101 Å². The summed E-state index contributed by atoms with van der Waals surface area (Å²) in [6.45, 7) is 3.14. The molecule has 0 aromatic carbocycles. The van der Waals surface area contributed by atoms with Gasteiger partial charge in [-0.2, -0.15) is 5.06 Å². The van der Waals surface area contributed by atoms with Crippen molar-refractivity contribution in [3.05, 3.63) is 0 Å². The van der Waals surface area contributed by atoms with Gasteiger partial charge in [-0.3, -0.25) is 4.84 Å². The lowest BCUT2D eigenvalue weighted by atomic mass is 10.0. The number of rotatable bonds is 8. The molecule has 0 fully saturated rings. The van der Waals surface area contributed by atoms with Crippen molar-refractivity contribution in [1.29, 1.82) is 0 Å². The standard InChI is InChI=1S/C10H23NO6/c1-6(2)11(17-3)10(16)9(15)8(14)7(13)4-5-12/h6-10,12-16H,4-5H2,1-3H3/t7-,8?,9+,10+/m0/s1. The predicted octanol–water partition coefficient (Wildman–Crippen LogP) is -1.96. The fourth-order valence-corrected chi connectivity index (χ4v) is 1.48. The minimum atomic E-state index is -1.60. The molecule has 0 saturated heterocycles. The van der Waals surface area contributed by atoms with Gasteiger partial charge in [-0.15, -0.1) is 0 Å². The van der Waals surface area contributed by atoms with Gasteiger partial charge in [0.2, 0.25) is 0 Å². The second-order valence-electron chi connectivity index (χ2n) is 4.11. The van der Waals surface area contributed by atoms with Crippen molar-refractivity contribution in [1.82, 2.24) is 5.06 Å². The molecule has 4 atom stereocenters. The van der Waals surface area contributed by atoms with Crippen molar-refractivity contribution in [2.75, 3.05) is 13.7 Å². The highest BCUT2D eigenvalue weighted by atomic mass is 16.7. The van der Waals surface area contributed by atoms with Gasteiger partial charge in [-0.25, -0.2) is 0 Å². The van der Waals surface area contributed by atoms with E-state index in [9.17, 15) is 20.4 Å². The molecule has 7 heteroatoms. The zero-order chi connectivity index (χ0) is 13.6. The summed E-state index contributed by atoms with van der Waals surface area (Å²) in [5, 5.41) is 48.1. The van der Waals surface area contributed by atoms with E-state index < -0.39 is 24.5 Å². The Kier molecular flexibility index (Phi) is 7.80. The largest absolute Gasteiger partial charge is 0.396 e. The van der Waals surface area contributed by atoms with E-state index in [0.717, 1.165) is 5.06 Å². The van der Waals surface area contributed by atoms with Gasteiger partial charge in [-0.05, 0) is 20.3 Å². The molecule has 0 aliphatic carbocycles. The van der Waals surface area contributed by atoms with Gasteiger partial charge < -0.3 is 25.5 Å². The van der Waals surface area contributed by atoms with Crippen LogP contribution in [0.25, 0.3) is 0 Å². The topological polar surface area (TPSA) is 114 Å². The highest BCUT2D eigenvalue weighted by molar-refractivity contribution is 4.80. The first-order chi connectivity index (χ1) is 7.86. The van der Waals surface area contributed by atoms with E-state index in [-0.39, 0.29) is 19.1 Å². The number of aliphatic hydroxyl groups is 5. The molecule has 0 heterocycles. The van der Waals surface area contributed by atoms with Gasteiger partial charge in [0.25, 0.3) is 0 Å². The Morgan fingerprint density at radius 2 is 1.59 bits per heavy atom. The average molecular weight is 253 g/mol. The first-order valence-corrected chi connectivity index (χ1v) is 5.52. The summed E-state index contributed by atoms with van der Waals surface area (Å²) >= 11 is 0. The normalized spacial score (nSPS) is 19.4. The van der Waals surface area contributed by atoms with Crippen molar-refractivity contribution >= 4 is 0 Å². The predicted molar refractivity (Wildman–Crippen MR) is 59.7 cm³/mol. The fourth-order valence-electron chi connectivity index (χ4n) is 1.48. The zero-order valence-corrected chi connectivity index (χ0v) is 10.4. The second-order valence-corrected chi connectivity index (χ2v) is 4.11. The third-order valence-corrected chi connectivity index (χ3v) is 2.45. The summed E-state index contributed by atoms with van der Waals surface area (Å²) in [5.74, 6) is 0. The lowest BCUT2D eigenvalue weighted by Crippen LogP contribution is -2.53. The Morgan fingerprint density at radius 1 is 1.06 bits per heavy atom. The molecule has 0 saturated carbocycles. The summed E-state index contributed by atoms with van der Waals surface area (Å²) in [6.07, 6.45) is -6.02. The van der Waals surface area contributed by atoms with Gasteiger partial charge in [0.1, 0.15) is 12.2 Å². The molecule has 5 N–H and O–H groups in total. The van der Waals surface area contributed by atoms with Crippen molar-refractivity contribution in [2.45, 2.75) is 50.8 Å². The van der Waals surface area contributed by atoms with Crippen LogP contribution in [0.4, 0.5) is 0 Å². The van der Waals surface area contributed by atoms with Crippen molar-refractivity contribution in [3.8, 4) is 0 Å². The fraction of sp³-hybridized carbons (Fsp3) is 1.00. The van der Waals surface area contributed by atoms with Crippen LogP contribution in [0.15, 0.2) is 0 Å². The quantitative estimate of drug-likeness (QED) is 0.252. The van der Waals surface area contributed by atoms with Crippen LogP contribution in [0.2, 0.25) is 0 Å². The van der Waals surface area contributed by atoms with Gasteiger partial charge >= 0.3 is 0 Å². The Morgan fingerprint density at radius 3 is 1.94 bits per heavy atom. The smallest absolute Gasteiger partial charge is 0.158 e. The summed E-state index contributed by atoms with van der Waals surface area (Å²) in [6, 6.07) is -0.216. The van der Waals surface area contributed by atoms with E-state index in [1.807, 2.05) is 0 Å². The molecule has 104 valence electrons. The van der Waals surface area contributed by atoms with E-state index in [1.165, 1.54) is 7.11 Å². The Hall–Kier alpha value is -0.280. The molecule has 0 aromatic rings. The minimum absolute atomic E-state index is 0.0837. The molecule has 0 aliphatic rings. The number of nitrogens with zero attached hydrogens (tertiary/aromatic N) is 1. The van der Waals surface area contributed by atoms with Crippen LogP contribution in [-0.2, 0) is 4.84 Å². The molecule has 0 amide bonds. The van der Waals surface area contributed by atoms with Crippen LogP contribution in [0.5, 0.6) is 0 Å². The first kappa shape index (κ1) is 16.7. The maximum atomic E-state index is 9.75. The van der Waals surface area contributed by atoms with Crippen molar-refractivity contribution in [2.24, 2.45) is 0 Å². The minimum Gasteiger partial charge on any atom is -0.396 e. The summed E-state index contributed by atoms with van der Waals surface area (Å²) in [4.78, 5) is 4.87. The van der Waals surface area contributed by atoms with Crippen LogP contribution in [0.1, 0.15) is 20.3 Å². The molecule has 1 unspecified atom stereocenters. The number of hydrogen-bond acceptors (Lipinski definition) is 7. The number of hydrogen-bond donors (Lipinski definition) is 5. The van der Waals surface area contributed by atoms with Crippen LogP contribution in [-0.4, -0.2) is 74.9 Å². The molecule has 7 nitrogen and oxygen atoms in total. The van der Waals surface area contributed by atoms with Crippen LogP contribution in [0.3, 0.4) is 0 Å². The van der Waals surface area contributed by atoms with Crippen LogP contribution in [0, 0.1) is 0 Å². The van der Waals surface area contributed by atoms with Crippen molar-refractivity contribution in [3.63, 3.8) is 0 Å². The molecular formula is C10H23NO6. The summed E-state index contributed by atoms with van der Waals surface area (Å²) in [7, 11) is 1.33. The Balaban J connectivity index is 4.50. The molecule has 0 aliphatic heterocycles. The van der Waals surface area contributed by atoms with E-state index in [0.29, 0.717) is 0 Å². The molecule has 0 spiro atoms. The van der Waals surface area contributed by atoms with Crippen molar-refractivity contribution < 1.29 is 30.4 Å². The number of hydroxylamine groups is 2. The second kappa shape index (κ2) is 7.93. The Bertz CT molecular complexity index is 203. The van der Waals surface area contributed by atoms with Crippen LogP contribution < -0.4 is 0 Å². The van der Waals surface area contributed by atoms with Gasteiger partial charge in [0, 0.05) is 12.6 Å². The van der Waals surface area contributed by atoms with E-state index in [1.54, 1.807) is 13.8 Å². The average Bonchev–Trinajstić information content (AvgIpc) is 2.27. The molecule has 0 radical (unpaired) electrons. The van der Waals surface area contributed by atoms with Gasteiger partial charge in [0.15, 0.2) is 6.23 Å². The van der Waals surface area contributed by atoms with E-state index >= 15 is 0 Å². The first-order valence-electron chi connectivity index (χ1n) is 5.52. The zero-order valence-electron chi connectivity index (χ0n) is 10.4. The summed E-state index contributed by atoms with van der Waals surface area (Å²) < 4.78 is 0. The van der Waals surface area contributed by atoms with E-state index in [2.05, 4.69) is 0 Å². The highest BCUT2D eigenvalue weighted by Crippen LogP contribution is 2.13. The molecule has 0 rings (SSSR count). The van der Waals surface area contributed by atoms with Gasteiger partial charge in [0.05, 0.1) is 13.2 Å². The lowest BCUT2D eigenvalue weighted by molar-refractivity contribution is -0.277. The highest BCUT2D eigenvalue weighted by Gasteiger charge is 2.34. The molecular weight excluding hydrogens is 230 g/mol. The monoisotopic (exact) mass is 253 g/mol.